The highest BCUT2D eigenvalue weighted by Gasteiger charge is 2.12. The van der Waals surface area contributed by atoms with Crippen molar-refractivity contribution >= 4 is 16.9 Å². The van der Waals surface area contributed by atoms with E-state index in [0.29, 0.717) is 37.9 Å². The molecule has 2 aromatic rings. The minimum Gasteiger partial charge on any atom is -0.493 e. The molecule has 0 fully saturated rings. The van der Waals surface area contributed by atoms with Crippen molar-refractivity contribution in [1.29, 1.82) is 0 Å². The molecule has 0 unspecified atom stereocenters. The van der Waals surface area contributed by atoms with Crippen molar-refractivity contribution in [2.45, 2.75) is 13.8 Å². The van der Waals surface area contributed by atoms with Gasteiger partial charge in [0.1, 0.15) is 11.3 Å². The maximum absolute atomic E-state index is 12.2. The first-order valence-electron chi connectivity index (χ1n) is 9.00. The van der Waals surface area contributed by atoms with E-state index < -0.39 is 0 Å². The summed E-state index contributed by atoms with van der Waals surface area (Å²) in [6, 6.07) is 7.26. The van der Waals surface area contributed by atoms with Gasteiger partial charge in [-0.25, -0.2) is 0 Å². The highest BCUT2D eigenvalue weighted by atomic mass is 16.5. The van der Waals surface area contributed by atoms with Gasteiger partial charge in [0.25, 0.3) is 5.91 Å². The molecule has 144 valence electrons. The average molecular weight is 369 g/mol. The number of allylic oxidation sites excluding steroid dienone is 2. The van der Waals surface area contributed by atoms with Crippen LogP contribution in [0.5, 0.6) is 5.75 Å². The lowest BCUT2D eigenvalue weighted by molar-refractivity contribution is 0.0902. The molecule has 1 N–H and O–H groups in total. The lowest BCUT2D eigenvalue weighted by Gasteiger charge is -2.07. The monoisotopic (exact) mass is 369 g/mol. The standard InChI is InChI=1S/C22H27NO4/c1-5-7-17(6-2)15-25-11-10-23-22(24)21-13-18-12-19(26-14-16(3)4)8-9-20(18)27-21/h5-9,12-13,16H,1-2,10-11,14-15H2,3-4H3,(H,23,24)/b17-7+. The second-order valence-corrected chi connectivity index (χ2v) is 6.51. The zero-order valence-electron chi connectivity index (χ0n) is 16.0. The van der Waals surface area contributed by atoms with Crippen molar-refractivity contribution in [3.05, 3.63) is 67.0 Å². The van der Waals surface area contributed by atoms with Gasteiger partial charge in [0.2, 0.25) is 0 Å². The predicted molar refractivity (Wildman–Crippen MR) is 108 cm³/mol. The number of hydrogen-bond acceptors (Lipinski definition) is 4. The van der Waals surface area contributed by atoms with Crippen LogP contribution in [0.15, 0.2) is 65.6 Å². The Morgan fingerprint density at radius 3 is 2.81 bits per heavy atom. The van der Waals surface area contributed by atoms with E-state index in [9.17, 15) is 4.79 Å². The smallest absolute Gasteiger partial charge is 0.287 e. The molecule has 0 saturated heterocycles. The molecular formula is C22H27NO4. The SMILES string of the molecule is C=C/C=C(\C=C)COCCNC(=O)c1cc2cc(OCC(C)C)ccc2o1. The third-order valence-corrected chi connectivity index (χ3v) is 3.69. The summed E-state index contributed by atoms with van der Waals surface area (Å²) in [5.74, 6) is 1.21. The Morgan fingerprint density at radius 2 is 2.11 bits per heavy atom. The van der Waals surface area contributed by atoms with Crippen LogP contribution in [0, 0.1) is 5.92 Å². The number of rotatable bonds is 11. The number of amides is 1. The zero-order valence-corrected chi connectivity index (χ0v) is 16.0. The van der Waals surface area contributed by atoms with Gasteiger partial charge in [0.15, 0.2) is 5.76 Å². The van der Waals surface area contributed by atoms with Crippen LogP contribution in [-0.2, 0) is 4.74 Å². The largest absolute Gasteiger partial charge is 0.493 e. The van der Waals surface area contributed by atoms with Crippen molar-refractivity contribution in [2.24, 2.45) is 5.92 Å². The predicted octanol–water partition coefficient (Wildman–Crippen LogP) is 4.51. The molecule has 0 saturated carbocycles. The number of benzene rings is 1. The minimum atomic E-state index is -0.273. The summed E-state index contributed by atoms with van der Waals surface area (Å²) in [6.07, 6.45) is 5.23. The highest BCUT2D eigenvalue weighted by Crippen LogP contribution is 2.24. The molecule has 27 heavy (non-hydrogen) atoms. The summed E-state index contributed by atoms with van der Waals surface area (Å²) in [7, 11) is 0. The van der Waals surface area contributed by atoms with E-state index in [1.54, 1.807) is 18.2 Å². The van der Waals surface area contributed by atoms with Gasteiger partial charge in [-0.3, -0.25) is 4.79 Å². The molecule has 0 radical (unpaired) electrons. The summed E-state index contributed by atoms with van der Waals surface area (Å²) >= 11 is 0. The normalized spacial score (nSPS) is 11.6. The minimum absolute atomic E-state index is 0.268. The van der Waals surface area contributed by atoms with Crippen LogP contribution in [0.25, 0.3) is 11.0 Å². The molecule has 1 aromatic carbocycles. The number of ether oxygens (including phenoxy) is 2. The van der Waals surface area contributed by atoms with E-state index in [1.807, 2.05) is 24.3 Å². The molecule has 5 heteroatoms. The van der Waals surface area contributed by atoms with Crippen LogP contribution in [0.3, 0.4) is 0 Å². The number of carbonyl (C=O) groups is 1. The van der Waals surface area contributed by atoms with E-state index in [1.165, 1.54) is 0 Å². The first-order valence-corrected chi connectivity index (χ1v) is 9.00. The van der Waals surface area contributed by atoms with Gasteiger partial charge in [-0.2, -0.15) is 0 Å². The first-order chi connectivity index (χ1) is 13.0. The molecule has 2 rings (SSSR count). The quantitative estimate of drug-likeness (QED) is 0.467. The summed E-state index contributed by atoms with van der Waals surface area (Å²) in [4.78, 5) is 12.2. The maximum atomic E-state index is 12.2. The van der Waals surface area contributed by atoms with Crippen LogP contribution >= 0.6 is 0 Å². The summed E-state index contributed by atoms with van der Waals surface area (Å²) < 4.78 is 16.8. The van der Waals surface area contributed by atoms with Crippen LogP contribution in [0.2, 0.25) is 0 Å². The van der Waals surface area contributed by atoms with E-state index in [-0.39, 0.29) is 11.7 Å². The molecule has 0 aliphatic carbocycles. The summed E-state index contributed by atoms with van der Waals surface area (Å²) in [5, 5.41) is 3.62. The Bertz CT molecular complexity index is 817. The van der Waals surface area contributed by atoms with E-state index in [2.05, 4.69) is 32.3 Å². The Hall–Kier alpha value is -2.79. The van der Waals surface area contributed by atoms with Crippen molar-refractivity contribution < 1.29 is 18.7 Å². The summed E-state index contributed by atoms with van der Waals surface area (Å²) in [5.41, 5.74) is 1.59. The second-order valence-electron chi connectivity index (χ2n) is 6.51. The van der Waals surface area contributed by atoms with Crippen molar-refractivity contribution in [3.63, 3.8) is 0 Å². The molecule has 0 bridgehead atoms. The lowest BCUT2D eigenvalue weighted by Crippen LogP contribution is -2.27. The molecule has 0 aliphatic rings. The van der Waals surface area contributed by atoms with Crippen LogP contribution in [0.4, 0.5) is 0 Å². The number of hydrogen-bond donors (Lipinski definition) is 1. The molecule has 5 nitrogen and oxygen atoms in total. The van der Waals surface area contributed by atoms with Gasteiger partial charge in [-0.05, 0) is 35.8 Å². The highest BCUT2D eigenvalue weighted by molar-refractivity contribution is 5.96. The average Bonchev–Trinajstić information content (AvgIpc) is 3.08. The Morgan fingerprint density at radius 1 is 1.30 bits per heavy atom. The molecule has 0 atom stereocenters. The Balaban J connectivity index is 1.85. The zero-order chi connectivity index (χ0) is 19.6. The van der Waals surface area contributed by atoms with Crippen molar-refractivity contribution in [3.8, 4) is 5.75 Å². The van der Waals surface area contributed by atoms with Crippen molar-refractivity contribution in [1.82, 2.24) is 5.32 Å². The molecule has 0 spiro atoms. The molecule has 1 heterocycles. The van der Waals surface area contributed by atoms with Gasteiger partial charge < -0.3 is 19.2 Å². The first kappa shape index (κ1) is 20.5. The topological polar surface area (TPSA) is 60.7 Å². The number of carbonyl (C=O) groups excluding carboxylic acids is 1. The van der Waals surface area contributed by atoms with Gasteiger partial charge in [0, 0.05) is 11.9 Å². The van der Waals surface area contributed by atoms with E-state index >= 15 is 0 Å². The molecule has 1 aromatic heterocycles. The second kappa shape index (κ2) is 10.4. The van der Waals surface area contributed by atoms with Gasteiger partial charge in [-0.15, -0.1) is 0 Å². The summed E-state index contributed by atoms with van der Waals surface area (Å²) in [6.45, 7) is 13.4. The van der Waals surface area contributed by atoms with Crippen LogP contribution in [0.1, 0.15) is 24.4 Å². The van der Waals surface area contributed by atoms with Gasteiger partial charge >= 0.3 is 0 Å². The number of furan rings is 1. The number of nitrogens with one attached hydrogen (secondary N) is 1. The lowest BCUT2D eigenvalue weighted by atomic mass is 10.2. The Labute approximate surface area is 160 Å². The van der Waals surface area contributed by atoms with E-state index in [4.69, 9.17) is 13.9 Å². The van der Waals surface area contributed by atoms with Gasteiger partial charge in [0.05, 0.1) is 19.8 Å². The van der Waals surface area contributed by atoms with Gasteiger partial charge in [-0.1, -0.05) is 45.2 Å². The third-order valence-electron chi connectivity index (χ3n) is 3.69. The molecule has 1 amide bonds. The third kappa shape index (κ3) is 6.46. The van der Waals surface area contributed by atoms with Crippen LogP contribution < -0.4 is 10.1 Å². The van der Waals surface area contributed by atoms with E-state index in [0.717, 1.165) is 16.7 Å². The Kier molecular flexibility index (Phi) is 7.89. The fourth-order valence-corrected chi connectivity index (χ4v) is 2.33. The maximum Gasteiger partial charge on any atom is 0.287 e. The van der Waals surface area contributed by atoms with Crippen LogP contribution in [-0.4, -0.2) is 32.3 Å². The van der Waals surface area contributed by atoms with Crippen molar-refractivity contribution in [2.75, 3.05) is 26.4 Å². The number of fused-ring (bicyclic) bond motifs is 1. The fourth-order valence-electron chi connectivity index (χ4n) is 2.33. The molecule has 0 aliphatic heterocycles. The molecular weight excluding hydrogens is 342 g/mol. The fraction of sp³-hybridized carbons (Fsp3) is 0.318.